The molecule has 0 saturated heterocycles. The fourth-order valence-corrected chi connectivity index (χ4v) is 2.88. The van der Waals surface area contributed by atoms with Gasteiger partial charge in [0.15, 0.2) is 0 Å². The molecule has 1 amide bonds. The lowest BCUT2D eigenvalue weighted by Gasteiger charge is -2.07. The lowest BCUT2D eigenvalue weighted by Crippen LogP contribution is -2.16. The highest BCUT2D eigenvalue weighted by molar-refractivity contribution is 6.06. The van der Waals surface area contributed by atoms with E-state index < -0.39 is 0 Å². The Balaban J connectivity index is 1.98. The van der Waals surface area contributed by atoms with Crippen LogP contribution in [-0.2, 0) is 13.6 Å². The topological polar surface area (TPSA) is 51.9 Å². The van der Waals surface area contributed by atoms with Crippen LogP contribution in [0.2, 0.25) is 0 Å². The van der Waals surface area contributed by atoms with Crippen LogP contribution in [0, 0.1) is 19.7 Å². The molecule has 120 valence electrons. The van der Waals surface area contributed by atoms with E-state index in [2.05, 4.69) is 10.4 Å². The third-order valence-corrected chi connectivity index (χ3v) is 4.16. The number of halogens is 1. The van der Waals surface area contributed by atoms with Crippen molar-refractivity contribution >= 4 is 22.5 Å². The average molecular weight is 314 g/mol. The number of hydrogen-bond acceptors (Lipinski definition) is 2. The van der Waals surface area contributed by atoms with Crippen LogP contribution in [0.5, 0.6) is 0 Å². The SMILES string of the molecule is CCn1nc(C)c(NC(=O)c2cc3ccc(F)cc3n2C)c1C. The van der Waals surface area contributed by atoms with Crippen LogP contribution in [0.3, 0.4) is 0 Å². The van der Waals surface area contributed by atoms with E-state index in [1.807, 2.05) is 25.5 Å². The molecule has 1 aromatic carbocycles. The van der Waals surface area contributed by atoms with Gasteiger partial charge in [-0.05, 0) is 45.0 Å². The largest absolute Gasteiger partial charge is 0.340 e. The number of hydrogen-bond donors (Lipinski definition) is 1. The second-order valence-electron chi connectivity index (χ2n) is 5.61. The summed E-state index contributed by atoms with van der Waals surface area (Å²) >= 11 is 0. The van der Waals surface area contributed by atoms with E-state index >= 15 is 0 Å². The Morgan fingerprint density at radius 3 is 2.70 bits per heavy atom. The lowest BCUT2D eigenvalue weighted by molar-refractivity contribution is 0.101. The predicted molar refractivity (Wildman–Crippen MR) is 88.2 cm³/mol. The molecular formula is C17H19FN4O. The highest BCUT2D eigenvalue weighted by Crippen LogP contribution is 2.23. The van der Waals surface area contributed by atoms with Crippen LogP contribution in [0.15, 0.2) is 24.3 Å². The molecule has 0 unspecified atom stereocenters. The van der Waals surface area contributed by atoms with Crippen LogP contribution < -0.4 is 5.32 Å². The smallest absolute Gasteiger partial charge is 0.272 e. The summed E-state index contributed by atoms with van der Waals surface area (Å²) in [5.41, 5.74) is 3.60. The number of aromatic nitrogens is 3. The van der Waals surface area contributed by atoms with Crippen molar-refractivity contribution in [3.8, 4) is 0 Å². The molecule has 2 aromatic heterocycles. The molecule has 0 spiro atoms. The summed E-state index contributed by atoms with van der Waals surface area (Å²) in [6.07, 6.45) is 0. The number of rotatable bonds is 3. The Morgan fingerprint density at radius 1 is 1.30 bits per heavy atom. The molecule has 0 fully saturated rings. The summed E-state index contributed by atoms with van der Waals surface area (Å²) in [6, 6.07) is 6.26. The van der Waals surface area contributed by atoms with Gasteiger partial charge in [0.05, 0.1) is 22.6 Å². The molecular weight excluding hydrogens is 295 g/mol. The van der Waals surface area contributed by atoms with Crippen molar-refractivity contribution in [1.82, 2.24) is 14.3 Å². The zero-order valence-corrected chi connectivity index (χ0v) is 13.6. The van der Waals surface area contributed by atoms with Gasteiger partial charge in [0.1, 0.15) is 11.5 Å². The molecule has 0 aliphatic rings. The van der Waals surface area contributed by atoms with Crippen LogP contribution >= 0.6 is 0 Å². The zero-order valence-electron chi connectivity index (χ0n) is 13.6. The van der Waals surface area contributed by atoms with Gasteiger partial charge < -0.3 is 9.88 Å². The first-order chi connectivity index (χ1) is 10.9. The molecule has 0 saturated carbocycles. The minimum absolute atomic E-state index is 0.231. The van der Waals surface area contributed by atoms with Crippen LogP contribution in [0.4, 0.5) is 10.1 Å². The lowest BCUT2D eigenvalue weighted by atomic mass is 10.2. The molecule has 0 bridgehead atoms. The van der Waals surface area contributed by atoms with E-state index in [-0.39, 0.29) is 11.7 Å². The molecule has 0 radical (unpaired) electrons. The highest BCUT2D eigenvalue weighted by atomic mass is 19.1. The fraction of sp³-hybridized carbons (Fsp3) is 0.294. The summed E-state index contributed by atoms with van der Waals surface area (Å²) in [7, 11) is 1.76. The third kappa shape index (κ3) is 2.50. The summed E-state index contributed by atoms with van der Waals surface area (Å²) in [4.78, 5) is 12.6. The van der Waals surface area contributed by atoms with Gasteiger partial charge in [-0.25, -0.2) is 4.39 Å². The fourth-order valence-electron chi connectivity index (χ4n) is 2.88. The van der Waals surface area contributed by atoms with E-state index in [9.17, 15) is 9.18 Å². The summed E-state index contributed by atoms with van der Waals surface area (Å²) in [5.74, 6) is -0.549. The van der Waals surface area contributed by atoms with E-state index in [1.54, 1.807) is 23.7 Å². The van der Waals surface area contributed by atoms with E-state index in [1.165, 1.54) is 12.1 Å². The number of carbonyl (C=O) groups excluding carboxylic acids is 1. The quantitative estimate of drug-likeness (QED) is 0.805. The van der Waals surface area contributed by atoms with Crippen molar-refractivity contribution in [2.24, 2.45) is 7.05 Å². The van der Waals surface area contributed by atoms with Crippen molar-refractivity contribution in [3.05, 3.63) is 47.2 Å². The molecule has 1 N–H and O–H groups in total. The molecule has 0 atom stereocenters. The van der Waals surface area contributed by atoms with Gasteiger partial charge in [-0.2, -0.15) is 5.10 Å². The first kappa shape index (κ1) is 15.3. The number of fused-ring (bicyclic) bond motifs is 1. The number of carbonyl (C=O) groups is 1. The zero-order chi connectivity index (χ0) is 16.7. The molecule has 0 aliphatic heterocycles. The number of nitrogens with zero attached hydrogens (tertiary/aromatic N) is 3. The van der Waals surface area contributed by atoms with Gasteiger partial charge in [-0.3, -0.25) is 9.48 Å². The summed E-state index contributed by atoms with van der Waals surface area (Å²) in [6.45, 7) is 6.54. The van der Waals surface area contributed by atoms with Gasteiger partial charge >= 0.3 is 0 Å². The van der Waals surface area contributed by atoms with Gasteiger partial charge in [-0.1, -0.05) is 0 Å². The maximum absolute atomic E-state index is 13.4. The number of aryl methyl sites for hydroxylation is 3. The van der Waals surface area contributed by atoms with Crippen LogP contribution in [0.1, 0.15) is 28.8 Å². The second kappa shape index (κ2) is 5.53. The standard InChI is InChI=1S/C17H19FN4O/c1-5-22-11(3)16(10(2)20-22)19-17(23)15-8-12-6-7-13(18)9-14(12)21(15)4/h6-9H,5H2,1-4H3,(H,19,23). The molecule has 3 aromatic rings. The van der Waals surface area contributed by atoms with Crippen molar-refractivity contribution in [3.63, 3.8) is 0 Å². The Hall–Kier alpha value is -2.63. The Kier molecular flexibility index (Phi) is 3.67. The first-order valence-corrected chi connectivity index (χ1v) is 7.52. The van der Waals surface area contributed by atoms with Crippen molar-refractivity contribution in [1.29, 1.82) is 0 Å². The number of anilines is 1. The summed E-state index contributed by atoms with van der Waals surface area (Å²) < 4.78 is 16.9. The molecule has 3 rings (SSSR count). The Labute approximate surface area is 133 Å². The van der Waals surface area contributed by atoms with Crippen molar-refractivity contribution < 1.29 is 9.18 Å². The molecule has 0 aliphatic carbocycles. The number of nitrogens with one attached hydrogen (secondary N) is 1. The van der Waals surface area contributed by atoms with Crippen molar-refractivity contribution in [2.45, 2.75) is 27.3 Å². The van der Waals surface area contributed by atoms with Gasteiger partial charge in [0.2, 0.25) is 0 Å². The van der Waals surface area contributed by atoms with Crippen LogP contribution in [0.25, 0.3) is 10.9 Å². The summed E-state index contributed by atoms with van der Waals surface area (Å²) in [5, 5.41) is 8.16. The Bertz CT molecular complexity index is 907. The van der Waals surface area contributed by atoms with Gasteiger partial charge in [-0.15, -0.1) is 0 Å². The molecule has 2 heterocycles. The first-order valence-electron chi connectivity index (χ1n) is 7.52. The molecule has 5 nitrogen and oxygen atoms in total. The number of amides is 1. The molecule has 6 heteroatoms. The highest BCUT2D eigenvalue weighted by Gasteiger charge is 2.18. The van der Waals surface area contributed by atoms with Crippen molar-refractivity contribution in [2.75, 3.05) is 5.32 Å². The second-order valence-corrected chi connectivity index (χ2v) is 5.61. The number of benzene rings is 1. The molecule has 23 heavy (non-hydrogen) atoms. The predicted octanol–water partition coefficient (Wildman–Crippen LogP) is 3.40. The van der Waals surface area contributed by atoms with Gasteiger partial charge in [0, 0.05) is 19.0 Å². The third-order valence-electron chi connectivity index (χ3n) is 4.16. The van der Waals surface area contributed by atoms with Crippen LogP contribution in [-0.4, -0.2) is 20.3 Å². The Morgan fingerprint density at radius 2 is 2.04 bits per heavy atom. The van der Waals surface area contributed by atoms with Gasteiger partial charge in [0.25, 0.3) is 5.91 Å². The normalized spacial score (nSPS) is 11.2. The maximum atomic E-state index is 13.4. The minimum Gasteiger partial charge on any atom is -0.340 e. The monoisotopic (exact) mass is 314 g/mol. The maximum Gasteiger partial charge on any atom is 0.272 e. The average Bonchev–Trinajstić information content (AvgIpc) is 2.99. The van der Waals surface area contributed by atoms with E-state index in [0.717, 1.165) is 29.0 Å². The van der Waals surface area contributed by atoms with E-state index in [4.69, 9.17) is 0 Å². The van der Waals surface area contributed by atoms with E-state index in [0.29, 0.717) is 11.2 Å². The minimum atomic E-state index is -0.318.